The Balaban J connectivity index is 2.51. The fourth-order valence-electron chi connectivity index (χ4n) is 3.77. The molecule has 2 atom stereocenters. The molecule has 0 spiro atoms. The summed E-state index contributed by atoms with van der Waals surface area (Å²) in [5.41, 5.74) is 4.35. The molecule has 0 saturated carbocycles. The van der Waals surface area contributed by atoms with E-state index < -0.39 is 17.0 Å². The molecule has 0 radical (unpaired) electrons. The minimum Gasteiger partial charge on any atom is -0.353 e. The van der Waals surface area contributed by atoms with E-state index in [1.165, 1.54) is 21.6 Å². The van der Waals surface area contributed by atoms with Crippen LogP contribution in [0.2, 0.25) is 0 Å². The van der Waals surface area contributed by atoms with Crippen molar-refractivity contribution in [2.24, 2.45) is 11.1 Å². The smallest absolute Gasteiger partial charge is 0.243 e. The van der Waals surface area contributed by atoms with Gasteiger partial charge in [0.1, 0.15) is 11.8 Å². The van der Waals surface area contributed by atoms with Crippen LogP contribution in [0.15, 0.2) is 0 Å². The molecule has 9 nitrogen and oxygen atoms in total. The average molecular weight is 513 g/mol. The minimum atomic E-state index is -0.868. The molecule has 1 aliphatic rings. The van der Waals surface area contributed by atoms with Crippen LogP contribution >= 0.6 is 11.8 Å². The molecule has 0 bridgehead atoms. The van der Waals surface area contributed by atoms with Crippen molar-refractivity contribution < 1.29 is 24.0 Å². The lowest BCUT2D eigenvalue weighted by Gasteiger charge is -2.30. The summed E-state index contributed by atoms with van der Waals surface area (Å²) in [6.45, 7) is 11.5. The second-order valence-electron chi connectivity index (χ2n) is 11.1. The Bertz CT molecular complexity index is 788. The van der Waals surface area contributed by atoms with Crippen molar-refractivity contribution in [1.29, 1.82) is 0 Å². The predicted molar refractivity (Wildman–Crippen MR) is 139 cm³/mol. The predicted octanol–water partition coefficient (Wildman–Crippen LogP) is 2.11. The van der Waals surface area contributed by atoms with Gasteiger partial charge in [0.25, 0.3) is 0 Å². The Kier molecular flexibility index (Phi) is 11.9. The van der Waals surface area contributed by atoms with Gasteiger partial charge in [-0.1, -0.05) is 27.2 Å². The van der Waals surface area contributed by atoms with Crippen molar-refractivity contribution in [3.05, 3.63) is 0 Å². The van der Waals surface area contributed by atoms with E-state index in [0.717, 1.165) is 18.6 Å². The number of hydrogen-bond acceptors (Lipinski definition) is 7. The van der Waals surface area contributed by atoms with E-state index in [9.17, 15) is 24.0 Å². The van der Waals surface area contributed by atoms with E-state index in [1.54, 1.807) is 27.8 Å². The van der Waals surface area contributed by atoms with Crippen molar-refractivity contribution in [1.82, 2.24) is 15.1 Å². The number of hydrogen-bond donors (Lipinski definition) is 2. The number of carbonyl (C=O) groups excluding carboxylic acids is 5. The van der Waals surface area contributed by atoms with Crippen LogP contribution in [0.1, 0.15) is 80.1 Å². The number of likely N-dealkylation sites (tertiary alicyclic amines) is 1. The summed E-state index contributed by atoms with van der Waals surface area (Å²) >= 11 is 1.50. The Morgan fingerprint density at radius 2 is 1.74 bits per heavy atom. The standard InChI is InChI=1S/C25H44N4O5S/c1-24(2,3)19(30)15-17(22(33)27-13-12-26)28(7)20(31)11-9-8-10-14-35-18-16-21(32)29(23(18)34)25(4,5)6/h17-18H,8-16,26H2,1-7H3,(H,27,33). The average Bonchev–Trinajstić information content (AvgIpc) is 3.04. The first-order valence-electron chi connectivity index (χ1n) is 12.4. The third-order valence-corrected chi connectivity index (χ3v) is 7.25. The Morgan fingerprint density at radius 1 is 1.11 bits per heavy atom. The van der Waals surface area contributed by atoms with Gasteiger partial charge in [0.15, 0.2) is 0 Å². The summed E-state index contributed by atoms with van der Waals surface area (Å²) in [5, 5.41) is 2.36. The number of thioether (sulfide) groups is 1. The molecule has 10 heteroatoms. The SMILES string of the molecule is CN(C(=O)CCCCCSC1CC(=O)N(C(C)(C)C)C1=O)C(CC(=O)C(C)(C)C)C(=O)NCCN. The van der Waals surface area contributed by atoms with E-state index >= 15 is 0 Å². The number of nitrogens with zero attached hydrogens (tertiary/aromatic N) is 2. The second-order valence-corrected chi connectivity index (χ2v) is 12.4. The van der Waals surface area contributed by atoms with Crippen molar-refractivity contribution in [2.75, 3.05) is 25.9 Å². The molecule has 1 fully saturated rings. The molecule has 1 rings (SSSR count). The van der Waals surface area contributed by atoms with E-state index in [2.05, 4.69) is 5.32 Å². The Hall–Kier alpha value is -1.94. The molecule has 3 N–H and O–H groups in total. The number of rotatable bonds is 13. The maximum Gasteiger partial charge on any atom is 0.243 e. The quantitative estimate of drug-likeness (QED) is 0.285. The van der Waals surface area contributed by atoms with Gasteiger partial charge < -0.3 is 16.0 Å². The fraction of sp³-hybridized carbons (Fsp3) is 0.800. The van der Waals surface area contributed by atoms with Gasteiger partial charge in [-0.3, -0.25) is 28.9 Å². The minimum absolute atomic E-state index is 0.0431. The Labute approximate surface area is 214 Å². The van der Waals surface area contributed by atoms with Crippen LogP contribution in [-0.4, -0.2) is 81.9 Å². The van der Waals surface area contributed by atoms with Gasteiger partial charge in [-0.25, -0.2) is 0 Å². The molecule has 4 amide bonds. The summed E-state index contributed by atoms with van der Waals surface area (Å²) in [5.74, 6) is -0.163. The first-order valence-corrected chi connectivity index (χ1v) is 13.4. The van der Waals surface area contributed by atoms with Crippen LogP contribution in [-0.2, 0) is 24.0 Å². The zero-order valence-corrected chi connectivity index (χ0v) is 23.3. The molecule has 0 aromatic rings. The summed E-state index contributed by atoms with van der Waals surface area (Å²) in [4.78, 5) is 65.4. The number of nitrogens with two attached hydrogens (primary N) is 1. The number of imide groups is 1. The lowest BCUT2D eigenvalue weighted by molar-refractivity contribution is -0.143. The molecule has 0 aromatic heterocycles. The summed E-state index contributed by atoms with van der Waals surface area (Å²) in [6.07, 6.45) is 2.71. The normalized spacial score (nSPS) is 17.5. The van der Waals surface area contributed by atoms with E-state index in [1.807, 2.05) is 20.8 Å². The number of Topliss-reactive ketones (excluding diaryl/α,β-unsaturated/α-hetero) is 1. The first-order chi connectivity index (χ1) is 16.1. The molecule has 2 unspecified atom stereocenters. The van der Waals surface area contributed by atoms with Crippen molar-refractivity contribution in [2.45, 2.75) is 96.9 Å². The number of unbranched alkanes of at least 4 members (excludes halogenated alkanes) is 2. The van der Waals surface area contributed by atoms with Gasteiger partial charge in [-0.2, -0.15) is 0 Å². The zero-order chi connectivity index (χ0) is 27.0. The van der Waals surface area contributed by atoms with Crippen LogP contribution < -0.4 is 11.1 Å². The lowest BCUT2D eigenvalue weighted by Crippen LogP contribution is -2.50. The van der Waals surface area contributed by atoms with Crippen LogP contribution in [0.25, 0.3) is 0 Å². The maximum atomic E-state index is 12.8. The molecule has 1 aliphatic heterocycles. The lowest BCUT2D eigenvalue weighted by atomic mass is 9.86. The van der Waals surface area contributed by atoms with Crippen molar-refractivity contribution >= 4 is 41.2 Å². The van der Waals surface area contributed by atoms with E-state index in [0.29, 0.717) is 6.42 Å². The highest BCUT2D eigenvalue weighted by Gasteiger charge is 2.44. The van der Waals surface area contributed by atoms with Gasteiger partial charge in [0.2, 0.25) is 23.6 Å². The van der Waals surface area contributed by atoms with E-state index in [-0.39, 0.29) is 67.0 Å². The van der Waals surface area contributed by atoms with Crippen molar-refractivity contribution in [3.63, 3.8) is 0 Å². The first kappa shape index (κ1) is 31.1. The largest absolute Gasteiger partial charge is 0.353 e. The molecular weight excluding hydrogens is 468 g/mol. The van der Waals surface area contributed by atoms with Gasteiger partial charge in [-0.15, -0.1) is 11.8 Å². The molecule has 0 aromatic carbocycles. The highest BCUT2D eigenvalue weighted by Crippen LogP contribution is 2.31. The van der Waals surface area contributed by atoms with Crippen LogP contribution in [0.5, 0.6) is 0 Å². The van der Waals surface area contributed by atoms with Gasteiger partial charge >= 0.3 is 0 Å². The Morgan fingerprint density at radius 3 is 2.26 bits per heavy atom. The summed E-state index contributed by atoms with van der Waals surface area (Å²) < 4.78 is 0. The monoisotopic (exact) mass is 512 g/mol. The number of carbonyl (C=O) groups is 5. The molecule has 35 heavy (non-hydrogen) atoms. The van der Waals surface area contributed by atoms with Crippen LogP contribution in [0.4, 0.5) is 0 Å². The van der Waals surface area contributed by atoms with Gasteiger partial charge in [-0.05, 0) is 39.4 Å². The van der Waals surface area contributed by atoms with Gasteiger partial charge in [0, 0.05) is 50.4 Å². The number of ketones is 1. The second kappa shape index (κ2) is 13.4. The topological polar surface area (TPSA) is 130 Å². The molecule has 1 heterocycles. The highest BCUT2D eigenvalue weighted by molar-refractivity contribution is 8.00. The number of likely N-dealkylation sites (N-methyl/N-ethyl adjacent to an activating group) is 1. The molecule has 1 saturated heterocycles. The highest BCUT2D eigenvalue weighted by atomic mass is 32.2. The van der Waals surface area contributed by atoms with Crippen LogP contribution in [0.3, 0.4) is 0 Å². The summed E-state index contributed by atoms with van der Waals surface area (Å²) in [6, 6.07) is -0.868. The molecular formula is C25H44N4O5S. The number of amides is 4. The summed E-state index contributed by atoms with van der Waals surface area (Å²) in [7, 11) is 1.56. The van der Waals surface area contributed by atoms with Crippen LogP contribution in [0, 0.1) is 5.41 Å². The van der Waals surface area contributed by atoms with E-state index in [4.69, 9.17) is 5.73 Å². The third kappa shape index (κ3) is 9.56. The zero-order valence-electron chi connectivity index (χ0n) is 22.4. The fourth-order valence-corrected chi connectivity index (χ4v) is 4.93. The maximum absolute atomic E-state index is 12.8. The number of nitrogens with one attached hydrogen (secondary N) is 1. The van der Waals surface area contributed by atoms with Crippen molar-refractivity contribution in [3.8, 4) is 0 Å². The van der Waals surface area contributed by atoms with Gasteiger partial charge in [0.05, 0.1) is 5.25 Å². The third-order valence-electron chi connectivity index (χ3n) is 5.95. The molecule has 200 valence electrons. The molecule has 0 aliphatic carbocycles.